The number of anilines is 1. The van der Waals surface area contributed by atoms with Crippen molar-refractivity contribution in [3.8, 4) is 6.07 Å². The Morgan fingerprint density at radius 1 is 1.30 bits per heavy atom. The summed E-state index contributed by atoms with van der Waals surface area (Å²) in [7, 11) is 0. The first kappa shape index (κ1) is 18.6. The number of hydrogen-bond donors (Lipinski definition) is 1. The lowest BCUT2D eigenvalue weighted by molar-refractivity contribution is 0.0754. The second kappa shape index (κ2) is 8.04. The van der Waals surface area contributed by atoms with Gasteiger partial charge in [-0.25, -0.2) is 4.98 Å². The SMILES string of the molecule is CCN(CC)C(=O)c1nc(C(=O)Nc2cccc(C#N)c2)c2n1CCCC2. The van der Waals surface area contributed by atoms with Crippen molar-refractivity contribution in [3.05, 3.63) is 47.0 Å². The number of aromatic nitrogens is 2. The zero-order valence-electron chi connectivity index (χ0n) is 15.7. The molecular weight excluding hydrogens is 342 g/mol. The van der Waals surface area contributed by atoms with E-state index < -0.39 is 0 Å². The molecule has 0 unspecified atom stereocenters. The number of carbonyl (C=O) groups excluding carboxylic acids is 2. The largest absolute Gasteiger partial charge is 0.337 e. The Hall–Kier alpha value is -3.14. The normalized spacial score (nSPS) is 12.8. The third-order valence-electron chi connectivity index (χ3n) is 4.82. The molecule has 1 aliphatic rings. The van der Waals surface area contributed by atoms with Gasteiger partial charge in [-0.2, -0.15) is 5.26 Å². The lowest BCUT2D eigenvalue weighted by Crippen LogP contribution is -2.33. The summed E-state index contributed by atoms with van der Waals surface area (Å²) < 4.78 is 1.89. The summed E-state index contributed by atoms with van der Waals surface area (Å²) in [6, 6.07) is 8.78. The fourth-order valence-corrected chi connectivity index (χ4v) is 3.40. The monoisotopic (exact) mass is 365 g/mol. The number of nitrogens with one attached hydrogen (secondary N) is 1. The third-order valence-corrected chi connectivity index (χ3v) is 4.82. The molecule has 7 nitrogen and oxygen atoms in total. The van der Waals surface area contributed by atoms with Crippen LogP contribution < -0.4 is 5.32 Å². The summed E-state index contributed by atoms with van der Waals surface area (Å²) in [5.74, 6) is -0.160. The van der Waals surface area contributed by atoms with Crippen molar-refractivity contribution in [1.29, 1.82) is 5.26 Å². The lowest BCUT2D eigenvalue weighted by atomic mass is 10.1. The summed E-state index contributed by atoms with van der Waals surface area (Å²) in [5.41, 5.74) is 2.11. The minimum atomic E-state index is -0.352. The molecule has 2 amide bonds. The molecule has 0 aliphatic carbocycles. The molecule has 1 N–H and O–H groups in total. The molecule has 0 saturated carbocycles. The molecule has 0 spiro atoms. The van der Waals surface area contributed by atoms with Crippen molar-refractivity contribution < 1.29 is 9.59 Å². The molecule has 0 radical (unpaired) electrons. The summed E-state index contributed by atoms with van der Waals surface area (Å²) in [6.45, 7) is 5.75. The number of benzene rings is 1. The van der Waals surface area contributed by atoms with Crippen LogP contribution in [0.15, 0.2) is 24.3 Å². The number of nitrogens with zero attached hydrogens (tertiary/aromatic N) is 4. The number of hydrogen-bond acceptors (Lipinski definition) is 4. The standard InChI is InChI=1S/C20H23N5O2/c1-3-24(4-2)20(27)18-23-17(16-10-5-6-11-25(16)18)19(26)22-15-9-7-8-14(12-15)13-21/h7-9,12H,3-6,10-11H2,1-2H3,(H,22,26). The molecule has 1 aromatic heterocycles. The Labute approximate surface area is 158 Å². The predicted octanol–water partition coefficient (Wildman–Crippen LogP) is 2.83. The van der Waals surface area contributed by atoms with Gasteiger partial charge in [0, 0.05) is 25.3 Å². The quantitative estimate of drug-likeness (QED) is 0.882. The summed E-state index contributed by atoms with van der Waals surface area (Å²) in [4.78, 5) is 31.8. The van der Waals surface area contributed by atoms with E-state index >= 15 is 0 Å². The lowest BCUT2D eigenvalue weighted by Gasteiger charge is -2.21. The van der Waals surface area contributed by atoms with Crippen LogP contribution >= 0.6 is 0 Å². The number of imidazole rings is 1. The van der Waals surface area contributed by atoms with E-state index in [0.717, 1.165) is 25.0 Å². The van der Waals surface area contributed by atoms with Crippen LogP contribution in [0.2, 0.25) is 0 Å². The Morgan fingerprint density at radius 2 is 2.07 bits per heavy atom. The van der Waals surface area contributed by atoms with Crippen LogP contribution in [0, 0.1) is 11.3 Å². The van der Waals surface area contributed by atoms with Gasteiger partial charge in [0.2, 0.25) is 0 Å². The van der Waals surface area contributed by atoms with Crippen molar-refractivity contribution in [1.82, 2.24) is 14.5 Å². The molecule has 27 heavy (non-hydrogen) atoms. The van der Waals surface area contributed by atoms with Crippen molar-refractivity contribution in [2.45, 2.75) is 39.7 Å². The third kappa shape index (κ3) is 3.70. The van der Waals surface area contributed by atoms with E-state index in [1.807, 2.05) is 18.4 Å². The number of fused-ring (bicyclic) bond motifs is 1. The van der Waals surface area contributed by atoms with E-state index in [1.54, 1.807) is 29.2 Å². The molecule has 0 bridgehead atoms. The van der Waals surface area contributed by atoms with Gasteiger partial charge in [-0.05, 0) is 51.3 Å². The minimum Gasteiger partial charge on any atom is -0.337 e. The molecule has 3 rings (SSSR count). The van der Waals surface area contributed by atoms with Gasteiger partial charge < -0.3 is 14.8 Å². The van der Waals surface area contributed by atoms with E-state index in [4.69, 9.17) is 5.26 Å². The highest BCUT2D eigenvalue weighted by molar-refractivity contribution is 6.05. The summed E-state index contributed by atoms with van der Waals surface area (Å²) in [6.07, 6.45) is 2.65. The Bertz CT molecular complexity index is 906. The van der Waals surface area contributed by atoms with E-state index in [-0.39, 0.29) is 11.8 Å². The van der Waals surface area contributed by atoms with E-state index in [1.165, 1.54) is 0 Å². The number of rotatable bonds is 5. The summed E-state index contributed by atoms with van der Waals surface area (Å²) in [5, 5.41) is 11.8. The highest BCUT2D eigenvalue weighted by Gasteiger charge is 2.29. The molecule has 1 aromatic carbocycles. The van der Waals surface area contributed by atoms with E-state index in [9.17, 15) is 9.59 Å². The van der Waals surface area contributed by atoms with Crippen LogP contribution in [0.1, 0.15) is 59.1 Å². The van der Waals surface area contributed by atoms with Crippen molar-refractivity contribution in [3.63, 3.8) is 0 Å². The number of nitriles is 1. The molecule has 0 fully saturated rings. The smallest absolute Gasteiger partial charge is 0.289 e. The number of amides is 2. The van der Waals surface area contributed by atoms with Crippen molar-refractivity contribution in [2.24, 2.45) is 0 Å². The summed E-state index contributed by atoms with van der Waals surface area (Å²) >= 11 is 0. The maximum atomic E-state index is 12.8. The van der Waals surface area contributed by atoms with Gasteiger partial charge in [-0.1, -0.05) is 6.07 Å². The Balaban J connectivity index is 1.94. The fraction of sp³-hybridized carbons (Fsp3) is 0.400. The molecule has 1 aliphatic heterocycles. The Kier molecular flexibility index (Phi) is 5.55. The first-order valence-corrected chi connectivity index (χ1v) is 9.29. The van der Waals surface area contributed by atoms with Gasteiger partial charge in [-0.15, -0.1) is 0 Å². The first-order chi connectivity index (χ1) is 13.1. The second-order valence-electron chi connectivity index (χ2n) is 6.46. The topological polar surface area (TPSA) is 91.0 Å². The average Bonchev–Trinajstić information content (AvgIpc) is 3.09. The maximum absolute atomic E-state index is 12.8. The van der Waals surface area contributed by atoms with Crippen LogP contribution in [0.3, 0.4) is 0 Å². The molecule has 140 valence electrons. The highest BCUT2D eigenvalue weighted by Crippen LogP contribution is 2.23. The molecule has 0 saturated heterocycles. The van der Waals surface area contributed by atoms with Crippen molar-refractivity contribution in [2.75, 3.05) is 18.4 Å². The van der Waals surface area contributed by atoms with Crippen LogP contribution in [0.4, 0.5) is 5.69 Å². The van der Waals surface area contributed by atoms with Crippen LogP contribution in [-0.4, -0.2) is 39.4 Å². The van der Waals surface area contributed by atoms with Gasteiger partial charge in [-0.3, -0.25) is 9.59 Å². The molecule has 2 heterocycles. The maximum Gasteiger partial charge on any atom is 0.289 e. The van der Waals surface area contributed by atoms with Crippen LogP contribution in [0.5, 0.6) is 0 Å². The zero-order chi connectivity index (χ0) is 19.4. The van der Waals surface area contributed by atoms with E-state index in [2.05, 4.69) is 16.4 Å². The minimum absolute atomic E-state index is 0.145. The van der Waals surface area contributed by atoms with Gasteiger partial charge in [0.1, 0.15) is 0 Å². The Morgan fingerprint density at radius 3 is 2.78 bits per heavy atom. The average molecular weight is 365 g/mol. The van der Waals surface area contributed by atoms with E-state index in [0.29, 0.717) is 42.4 Å². The van der Waals surface area contributed by atoms with Crippen LogP contribution in [-0.2, 0) is 13.0 Å². The fourth-order valence-electron chi connectivity index (χ4n) is 3.40. The van der Waals surface area contributed by atoms with Gasteiger partial charge >= 0.3 is 0 Å². The number of carbonyl (C=O) groups is 2. The molecular formula is C20H23N5O2. The zero-order valence-corrected chi connectivity index (χ0v) is 15.7. The molecule has 2 aromatic rings. The highest BCUT2D eigenvalue weighted by atomic mass is 16.2. The van der Waals surface area contributed by atoms with Gasteiger partial charge in [0.15, 0.2) is 11.5 Å². The van der Waals surface area contributed by atoms with Crippen LogP contribution in [0.25, 0.3) is 0 Å². The first-order valence-electron chi connectivity index (χ1n) is 9.29. The predicted molar refractivity (Wildman–Crippen MR) is 102 cm³/mol. The van der Waals surface area contributed by atoms with Gasteiger partial charge in [0.05, 0.1) is 17.3 Å². The molecule has 0 atom stereocenters. The molecule has 7 heteroatoms. The van der Waals surface area contributed by atoms with Gasteiger partial charge in [0.25, 0.3) is 11.8 Å². The van der Waals surface area contributed by atoms with Crippen molar-refractivity contribution >= 4 is 17.5 Å². The second-order valence-corrected chi connectivity index (χ2v) is 6.46.